The maximum atomic E-state index is 12.1. The molecule has 0 saturated carbocycles. The van der Waals surface area contributed by atoms with Gasteiger partial charge in [0.2, 0.25) is 0 Å². The third kappa shape index (κ3) is 2.02. The SMILES string of the molecule is N#CC1CNCCN1C(=O)c1ccccn1. The molecule has 0 aliphatic carbocycles. The molecule has 1 aromatic heterocycles. The van der Waals surface area contributed by atoms with Crippen LogP contribution in [0.25, 0.3) is 0 Å². The average Bonchev–Trinajstić information content (AvgIpc) is 2.39. The van der Waals surface area contributed by atoms with Crippen molar-refractivity contribution in [2.24, 2.45) is 0 Å². The third-order valence-corrected chi connectivity index (χ3v) is 2.54. The quantitative estimate of drug-likeness (QED) is 0.718. The summed E-state index contributed by atoms with van der Waals surface area (Å²) in [6.45, 7) is 1.79. The van der Waals surface area contributed by atoms with Crippen molar-refractivity contribution in [2.75, 3.05) is 19.6 Å². The van der Waals surface area contributed by atoms with Crippen LogP contribution in [0.5, 0.6) is 0 Å². The highest BCUT2D eigenvalue weighted by Gasteiger charge is 2.27. The Labute approximate surface area is 93.7 Å². The third-order valence-electron chi connectivity index (χ3n) is 2.54. The van der Waals surface area contributed by atoms with Gasteiger partial charge in [-0.05, 0) is 12.1 Å². The van der Waals surface area contributed by atoms with Gasteiger partial charge in [0.15, 0.2) is 0 Å². The molecule has 1 N–H and O–H groups in total. The molecule has 1 saturated heterocycles. The smallest absolute Gasteiger partial charge is 0.273 e. The van der Waals surface area contributed by atoms with Crippen LogP contribution in [0.2, 0.25) is 0 Å². The van der Waals surface area contributed by atoms with E-state index in [0.717, 1.165) is 6.54 Å². The Balaban J connectivity index is 2.18. The Hall–Kier alpha value is -1.93. The monoisotopic (exact) mass is 216 g/mol. The summed E-state index contributed by atoms with van der Waals surface area (Å²) in [6, 6.07) is 6.91. The fraction of sp³-hybridized carbons (Fsp3) is 0.364. The van der Waals surface area contributed by atoms with Gasteiger partial charge in [-0.15, -0.1) is 0 Å². The van der Waals surface area contributed by atoms with Crippen LogP contribution in [0.4, 0.5) is 0 Å². The molecule has 5 heteroatoms. The lowest BCUT2D eigenvalue weighted by Crippen LogP contribution is -2.53. The molecule has 5 nitrogen and oxygen atoms in total. The molecule has 0 aromatic carbocycles. The van der Waals surface area contributed by atoms with E-state index in [4.69, 9.17) is 5.26 Å². The van der Waals surface area contributed by atoms with Gasteiger partial charge in [0.1, 0.15) is 11.7 Å². The van der Waals surface area contributed by atoms with Crippen LogP contribution in [0.15, 0.2) is 24.4 Å². The second kappa shape index (κ2) is 4.73. The maximum Gasteiger partial charge on any atom is 0.273 e. The number of hydrogen-bond donors (Lipinski definition) is 1. The van der Waals surface area contributed by atoms with E-state index in [0.29, 0.717) is 18.8 Å². The van der Waals surface area contributed by atoms with Crippen molar-refractivity contribution in [3.8, 4) is 6.07 Å². The normalized spacial score (nSPS) is 20.2. The summed E-state index contributed by atoms with van der Waals surface area (Å²) in [5.41, 5.74) is 0.393. The summed E-state index contributed by atoms with van der Waals surface area (Å²) >= 11 is 0. The van der Waals surface area contributed by atoms with E-state index in [-0.39, 0.29) is 5.91 Å². The Morgan fingerprint density at radius 2 is 2.50 bits per heavy atom. The second-order valence-electron chi connectivity index (χ2n) is 3.56. The topological polar surface area (TPSA) is 69.0 Å². The average molecular weight is 216 g/mol. The van der Waals surface area contributed by atoms with Gasteiger partial charge in [-0.3, -0.25) is 9.78 Å². The summed E-state index contributed by atoms with van der Waals surface area (Å²) in [5.74, 6) is -0.173. The lowest BCUT2D eigenvalue weighted by molar-refractivity contribution is 0.0681. The van der Waals surface area contributed by atoms with E-state index < -0.39 is 6.04 Å². The highest BCUT2D eigenvalue weighted by Crippen LogP contribution is 2.07. The Bertz CT molecular complexity index is 412. The van der Waals surface area contributed by atoms with Crippen molar-refractivity contribution in [3.63, 3.8) is 0 Å². The Morgan fingerprint density at radius 1 is 1.62 bits per heavy atom. The largest absolute Gasteiger partial charge is 0.319 e. The van der Waals surface area contributed by atoms with Crippen molar-refractivity contribution in [1.82, 2.24) is 15.2 Å². The van der Waals surface area contributed by atoms with E-state index in [1.165, 1.54) is 0 Å². The molecule has 2 heterocycles. The molecule has 0 radical (unpaired) electrons. The molecule has 82 valence electrons. The molecule has 1 aliphatic heterocycles. The van der Waals surface area contributed by atoms with E-state index in [2.05, 4.69) is 16.4 Å². The highest BCUT2D eigenvalue weighted by atomic mass is 16.2. The van der Waals surface area contributed by atoms with Gasteiger partial charge in [-0.25, -0.2) is 0 Å². The number of carbonyl (C=O) groups is 1. The van der Waals surface area contributed by atoms with E-state index in [9.17, 15) is 4.79 Å². The number of piperazine rings is 1. The number of nitrogens with one attached hydrogen (secondary N) is 1. The summed E-state index contributed by atoms with van der Waals surface area (Å²) in [5, 5.41) is 12.0. The van der Waals surface area contributed by atoms with Crippen LogP contribution in [-0.4, -0.2) is 41.5 Å². The number of carbonyl (C=O) groups excluding carboxylic acids is 1. The van der Waals surface area contributed by atoms with Crippen LogP contribution in [-0.2, 0) is 0 Å². The van der Waals surface area contributed by atoms with Gasteiger partial charge in [-0.1, -0.05) is 6.07 Å². The number of pyridine rings is 1. The number of nitrogens with zero attached hydrogens (tertiary/aromatic N) is 3. The Morgan fingerprint density at radius 3 is 3.19 bits per heavy atom. The zero-order valence-corrected chi connectivity index (χ0v) is 8.76. The predicted molar refractivity (Wildman–Crippen MR) is 57.5 cm³/mol. The summed E-state index contributed by atoms with van der Waals surface area (Å²) in [4.78, 5) is 17.6. The number of rotatable bonds is 1. The minimum Gasteiger partial charge on any atom is -0.319 e. The van der Waals surface area contributed by atoms with Crippen molar-refractivity contribution in [3.05, 3.63) is 30.1 Å². The van der Waals surface area contributed by atoms with Gasteiger partial charge >= 0.3 is 0 Å². The molecule has 1 fully saturated rings. The van der Waals surface area contributed by atoms with E-state index in [1.54, 1.807) is 29.3 Å². The first-order chi connectivity index (χ1) is 7.83. The van der Waals surface area contributed by atoms with Gasteiger partial charge < -0.3 is 10.2 Å². The number of hydrogen-bond acceptors (Lipinski definition) is 4. The number of aromatic nitrogens is 1. The highest BCUT2D eigenvalue weighted by molar-refractivity contribution is 5.92. The van der Waals surface area contributed by atoms with Crippen LogP contribution in [0.1, 0.15) is 10.5 Å². The summed E-state index contributed by atoms with van der Waals surface area (Å²) < 4.78 is 0. The molecule has 0 spiro atoms. The first-order valence-electron chi connectivity index (χ1n) is 5.15. The van der Waals surface area contributed by atoms with Gasteiger partial charge in [-0.2, -0.15) is 5.26 Å². The first kappa shape index (κ1) is 10.6. The minimum atomic E-state index is -0.400. The predicted octanol–water partition coefficient (Wildman–Crippen LogP) is 0.0192. The fourth-order valence-electron chi connectivity index (χ4n) is 1.70. The Kier molecular flexibility index (Phi) is 3.13. The van der Waals surface area contributed by atoms with Crippen molar-refractivity contribution in [1.29, 1.82) is 5.26 Å². The van der Waals surface area contributed by atoms with Crippen molar-refractivity contribution >= 4 is 5.91 Å². The van der Waals surface area contributed by atoms with Crippen LogP contribution in [0.3, 0.4) is 0 Å². The molecule has 1 aliphatic rings. The van der Waals surface area contributed by atoms with Crippen molar-refractivity contribution in [2.45, 2.75) is 6.04 Å². The molecule has 2 rings (SSSR count). The maximum absolute atomic E-state index is 12.1. The van der Waals surface area contributed by atoms with Crippen LogP contribution >= 0.6 is 0 Å². The lowest BCUT2D eigenvalue weighted by Gasteiger charge is -2.31. The molecule has 0 bridgehead atoms. The standard InChI is InChI=1S/C11H12N4O/c12-7-9-8-13-5-6-15(9)11(16)10-3-1-2-4-14-10/h1-4,9,13H,5-6,8H2. The van der Waals surface area contributed by atoms with Gasteiger partial charge in [0.05, 0.1) is 6.07 Å². The molecular formula is C11H12N4O. The van der Waals surface area contributed by atoms with Crippen LogP contribution in [0, 0.1) is 11.3 Å². The first-order valence-corrected chi connectivity index (χ1v) is 5.15. The lowest BCUT2D eigenvalue weighted by atomic mass is 10.2. The molecule has 16 heavy (non-hydrogen) atoms. The second-order valence-corrected chi connectivity index (χ2v) is 3.56. The van der Waals surface area contributed by atoms with Crippen molar-refractivity contribution < 1.29 is 4.79 Å². The number of nitriles is 1. The van der Waals surface area contributed by atoms with Gasteiger partial charge in [0, 0.05) is 25.8 Å². The fourth-order valence-corrected chi connectivity index (χ4v) is 1.70. The van der Waals surface area contributed by atoms with E-state index >= 15 is 0 Å². The van der Waals surface area contributed by atoms with Gasteiger partial charge in [0.25, 0.3) is 5.91 Å². The molecule has 1 amide bonds. The zero-order valence-electron chi connectivity index (χ0n) is 8.76. The summed E-state index contributed by atoms with van der Waals surface area (Å²) in [6.07, 6.45) is 1.58. The zero-order chi connectivity index (χ0) is 11.4. The molecular weight excluding hydrogens is 204 g/mol. The number of amides is 1. The minimum absolute atomic E-state index is 0.173. The summed E-state index contributed by atoms with van der Waals surface area (Å²) in [7, 11) is 0. The molecule has 1 unspecified atom stereocenters. The molecule has 1 atom stereocenters. The molecule has 1 aromatic rings. The van der Waals surface area contributed by atoms with Crippen LogP contribution < -0.4 is 5.32 Å². The van der Waals surface area contributed by atoms with E-state index in [1.807, 2.05) is 0 Å².